The minimum Gasteiger partial charge on any atom is -0.496 e. The normalized spacial score (nSPS) is 21.6. The molecular weight excluding hydrogens is 276 g/mol. The van der Waals surface area contributed by atoms with Gasteiger partial charge in [0.15, 0.2) is 0 Å². The van der Waals surface area contributed by atoms with Gasteiger partial charge in [-0.05, 0) is 19.3 Å². The number of benzene rings is 1. The third kappa shape index (κ3) is 3.84. The standard InChI is InChI=1S/C14H18N2O5/c1-21-13-7-11(6-12(8-13)16(19)20)15-10-4-2-3-9(5-10)14(17)18/h6-10,15H,2-5H2,1H3,(H,17,18). The van der Waals surface area contributed by atoms with Crippen LogP contribution in [0.25, 0.3) is 0 Å². The number of nitro benzene ring substituents is 1. The maximum atomic E-state index is 11.1. The van der Waals surface area contributed by atoms with Gasteiger partial charge in [-0.25, -0.2) is 0 Å². The molecule has 1 aliphatic rings. The van der Waals surface area contributed by atoms with Crippen LogP contribution in [0.15, 0.2) is 18.2 Å². The predicted molar refractivity (Wildman–Crippen MR) is 76.7 cm³/mol. The Bertz CT molecular complexity index is 546. The number of carbonyl (C=O) groups is 1. The lowest BCUT2D eigenvalue weighted by molar-refractivity contribution is -0.384. The molecule has 2 N–H and O–H groups in total. The van der Waals surface area contributed by atoms with E-state index in [1.165, 1.54) is 19.2 Å². The summed E-state index contributed by atoms with van der Waals surface area (Å²) >= 11 is 0. The summed E-state index contributed by atoms with van der Waals surface area (Å²) in [5.41, 5.74) is 0.527. The van der Waals surface area contributed by atoms with Crippen LogP contribution in [-0.4, -0.2) is 29.2 Å². The molecule has 0 aliphatic heterocycles. The molecule has 2 atom stereocenters. The number of rotatable bonds is 5. The number of carboxylic acids is 1. The first-order valence-electron chi connectivity index (χ1n) is 6.82. The minimum atomic E-state index is -0.780. The summed E-state index contributed by atoms with van der Waals surface area (Å²) in [4.78, 5) is 21.5. The third-order valence-corrected chi connectivity index (χ3v) is 3.73. The average Bonchev–Trinajstić information content (AvgIpc) is 2.47. The number of hydrogen-bond acceptors (Lipinski definition) is 5. The molecule has 2 unspecified atom stereocenters. The van der Waals surface area contributed by atoms with Gasteiger partial charge >= 0.3 is 5.97 Å². The van der Waals surface area contributed by atoms with E-state index in [0.29, 0.717) is 24.3 Å². The zero-order valence-electron chi connectivity index (χ0n) is 11.7. The zero-order valence-corrected chi connectivity index (χ0v) is 11.7. The van der Waals surface area contributed by atoms with E-state index in [2.05, 4.69) is 5.32 Å². The van der Waals surface area contributed by atoms with Gasteiger partial charge in [0.2, 0.25) is 0 Å². The highest BCUT2D eigenvalue weighted by Gasteiger charge is 2.27. The first-order chi connectivity index (χ1) is 9.99. The molecule has 0 amide bonds. The number of carboxylic acid groups (broad SMARTS) is 1. The van der Waals surface area contributed by atoms with Crippen molar-refractivity contribution in [3.05, 3.63) is 28.3 Å². The molecule has 114 valence electrons. The van der Waals surface area contributed by atoms with Crippen molar-refractivity contribution in [3.63, 3.8) is 0 Å². The number of anilines is 1. The Hall–Kier alpha value is -2.31. The van der Waals surface area contributed by atoms with Crippen LogP contribution >= 0.6 is 0 Å². The number of hydrogen-bond donors (Lipinski definition) is 2. The van der Waals surface area contributed by atoms with Gasteiger partial charge < -0.3 is 15.2 Å². The Morgan fingerprint density at radius 2 is 2.19 bits per heavy atom. The summed E-state index contributed by atoms with van der Waals surface area (Å²) < 4.78 is 5.06. The lowest BCUT2D eigenvalue weighted by Gasteiger charge is -2.28. The van der Waals surface area contributed by atoms with E-state index < -0.39 is 10.9 Å². The number of ether oxygens (including phenoxy) is 1. The lowest BCUT2D eigenvalue weighted by atomic mass is 9.85. The Morgan fingerprint density at radius 3 is 2.81 bits per heavy atom. The van der Waals surface area contributed by atoms with Crippen LogP contribution in [0.4, 0.5) is 11.4 Å². The first-order valence-corrected chi connectivity index (χ1v) is 6.82. The van der Waals surface area contributed by atoms with E-state index in [9.17, 15) is 14.9 Å². The Balaban J connectivity index is 2.13. The van der Waals surface area contributed by atoms with Crippen molar-refractivity contribution in [2.75, 3.05) is 12.4 Å². The molecule has 7 heteroatoms. The van der Waals surface area contributed by atoms with Gasteiger partial charge in [-0.3, -0.25) is 14.9 Å². The van der Waals surface area contributed by atoms with Gasteiger partial charge in [0.1, 0.15) is 5.75 Å². The number of nitrogens with one attached hydrogen (secondary N) is 1. The second kappa shape index (κ2) is 6.43. The van der Waals surface area contributed by atoms with Crippen LogP contribution in [0.3, 0.4) is 0 Å². The highest BCUT2D eigenvalue weighted by atomic mass is 16.6. The van der Waals surface area contributed by atoms with Gasteiger partial charge in [0.25, 0.3) is 5.69 Å². The number of non-ortho nitro benzene ring substituents is 1. The van der Waals surface area contributed by atoms with Gasteiger partial charge in [0, 0.05) is 23.9 Å². The molecule has 0 aromatic heterocycles. The quantitative estimate of drug-likeness (QED) is 0.639. The molecule has 0 saturated heterocycles. The molecule has 7 nitrogen and oxygen atoms in total. The number of nitro groups is 1. The largest absolute Gasteiger partial charge is 0.496 e. The van der Waals surface area contributed by atoms with Crippen LogP contribution in [0, 0.1) is 16.0 Å². The third-order valence-electron chi connectivity index (χ3n) is 3.73. The van der Waals surface area contributed by atoms with Crippen LogP contribution < -0.4 is 10.1 Å². The number of methoxy groups -OCH3 is 1. The van der Waals surface area contributed by atoms with Crippen LogP contribution in [0.2, 0.25) is 0 Å². The number of nitrogens with zero attached hydrogens (tertiary/aromatic N) is 1. The molecule has 21 heavy (non-hydrogen) atoms. The molecule has 1 saturated carbocycles. The second-order valence-corrected chi connectivity index (χ2v) is 5.22. The molecule has 0 bridgehead atoms. The maximum absolute atomic E-state index is 11.1. The Labute approximate surface area is 122 Å². The van der Waals surface area contributed by atoms with Crippen LogP contribution in [0.1, 0.15) is 25.7 Å². The summed E-state index contributed by atoms with van der Waals surface area (Å²) in [7, 11) is 1.45. The van der Waals surface area contributed by atoms with E-state index in [0.717, 1.165) is 12.8 Å². The molecule has 1 fully saturated rings. The summed E-state index contributed by atoms with van der Waals surface area (Å²) in [6, 6.07) is 4.47. The van der Waals surface area contributed by atoms with Crippen LogP contribution in [0.5, 0.6) is 5.75 Å². The van der Waals surface area contributed by atoms with Gasteiger partial charge in [-0.1, -0.05) is 6.42 Å². The fourth-order valence-electron chi connectivity index (χ4n) is 2.67. The molecule has 1 aliphatic carbocycles. The monoisotopic (exact) mass is 294 g/mol. The fourth-order valence-corrected chi connectivity index (χ4v) is 2.67. The number of aliphatic carboxylic acids is 1. The Kier molecular flexibility index (Phi) is 4.62. The van der Waals surface area contributed by atoms with Crippen molar-refractivity contribution < 1.29 is 19.6 Å². The summed E-state index contributed by atoms with van der Waals surface area (Å²) in [5, 5.41) is 23.2. The van der Waals surface area contributed by atoms with E-state index in [1.54, 1.807) is 6.07 Å². The molecule has 0 radical (unpaired) electrons. The van der Waals surface area contributed by atoms with Gasteiger partial charge in [-0.2, -0.15) is 0 Å². The SMILES string of the molecule is COc1cc(NC2CCCC(C(=O)O)C2)cc([N+](=O)[O-])c1. The minimum absolute atomic E-state index is 0.00607. The van der Waals surface area contributed by atoms with Crippen molar-refractivity contribution in [1.82, 2.24) is 0 Å². The lowest BCUT2D eigenvalue weighted by Crippen LogP contribution is -2.30. The summed E-state index contributed by atoms with van der Waals surface area (Å²) in [6.45, 7) is 0. The molecule has 1 aromatic carbocycles. The fraction of sp³-hybridized carbons (Fsp3) is 0.500. The molecular formula is C14H18N2O5. The smallest absolute Gasteiger partial charge is 0.306 e. The van der Waals surface area contributed by atoms with Crippen molar-refractivity contribution in [2.45, 2.75) is 31.7 Å². The van der Waals surface area contributed by atoms with Crippen molar-refractivity contribution in [3.8, 4) is 5.75 Å². The highest BCUT2D eigenvalue weighted by molar-refractivity contribution is 5.70. The van der Waals surface area contributed by atoms with E-state index in [1.807, 2.05) is 0 Å². The average molecular weight is 294 g/mol. The van der Waals surface area contributed by atoms with E-state index in [4.69, 9.17) is 9.84 Å². The maximum Gasteiger partial charge on any atom is 0.306 e. The topological polar surface area (TPSA) is 102 Å². The summed E-state index contributed by atoms with van der Waals surface area (Å²) in [6.07, 6.45) is 2.90. The van der Waals surface area contributed by atoms with Crippen molar-refractivity contribution in [2.24, 2.45) is 5.92 Å². The second-order valence-electron chi connectivity index (χ2n) is 5.22. The van der Waals surface area contributed by atoms with Gasteiger partial charge in [-0.15, -0.1) is 0 Å². The summed E-state index contributed by atoms with van der Waals surface area (Å²) in [5.74, 6) is -0.729. The first kappa shape index (κ1) is 15.1. The zero-order chi connectivity index (χ0) is 15.4. The highest BCUT2D eigenvalue weighted by Crippen LogP contribution is 2.30. The molecule has 1 aromatic rings. The van der Waals surface area contributed by atoms with E-state index >= 15 is 0 Å². The van der Waals surface area contributed by atoms with E-state index in [-0.39, 0.29) is 17.6 Å². The van der Waals surface area contributed by atoms with Crippen molar-refractivity contribution >= 4 is 17.3 Å². The molecule has 0 spiro atoms. The van der Waals surface area contributed by atoms with Gasteiger partial charge in [0.05, 0.1) is 24.0 Å². The predicted octanol–water partition coefficient (Wildman–Crippen LogP) is 2.66. The van der Waals surface area contributed by atoms with Crippen molar-refractivity contribution in [1.29, 1.82) is 0 Å². The van der Waals surface area contributed by atoms with Crippen LogP contribution in [-0.2, 0) is 4.79 Å². The molecule has 2 rings (SSSR count). The molecule has 0 heterocycles. The Morgan fingerprint density at radius 1 is 1.43 bits per heavy atom.